The number of carbonyl (C=O) groups is 1. The highest BCUT2D eigenvalue weighted by Crippen LogP contribution is 2.60. The van der Waals surface area contributed by atoms with Crippen molar-refractivity contribution in [2.45, 2.75) is 63.9 Å². The Morgan fingerprint density at radius 3 is 2.36 bits per heavy atom. The number of benzene rings is 3. The standard InChI is InChI=1S/C33H36ClN4O4PS/c1-3-33(4-2,43(40,41)42)24-16-20-26(21-17-24)36-30(39)13-7-5-6-12-29-31(23-14-18-25(34)19-15-23)37-32(44-29)38-22-35-27-10-8-9-11-28(27)38/h8-11,14-22H,3-7,12-13H2,1-2H3,(H,36,39)(H2,40,41,42). The summed E-state index contributed by atoms with van der Waals surface area (Å²) in [4.78, 5) is 43.4. The first-order chi connectivity index (χ1) is 21.1. The van der Waals surface area contributed by atoms with Crippen LogP contribution in [0.2, 0.25) is 5.02 Å². The fourth-order valence-corrected chi connectivity index (χ4v) is 8.17. The van der Waals surface area contributed by atoms with Crippen LogP contribution in [-0.4, -0.2) is 30.2 Å². The van der Waals surface area contributed by atoms with Crippen LogP contribution in [0.3, 0.4) is 0 Å². The molecular weight excluding hydrogens is 615 g/mol. The van der Waals surface area contributed by atoms with Crippen LogP contribution in [0.15, 0.2) is 79.1 Å². The van der Waals surface area contributed by atoms with Crippen LogP contribution in [0, 0.1) is 0 Å². The van der Waals surface area contributed by atoms with Crippen LogP contribution in [0.4, 0.5) is 5.69 Å². The number of imidazole rings is 1. The van der Waals surface area contributed by atoms with Gasteiger partial charge in [0, 0.05) is 27.6 Å². The Bertz CT molecular complexity index is 1780. The molecule has 0 bridgehead atoms. The highest BCUT2D eigenvalue weighted by molar-refractivity contribution is 7.53. The van der Waals surface area contributed by atoms with Gasteiger partial charge in [0.15, 0.2) is 5.13 Å². The predicted octanol–water partition coefficient (Wildman–Crippen LogP) is 8.74. The van der Waals surface area contributed by atoms with E-state index in [2.05, 4.69) is 10.3 Å². The van der Waals surface area contributed by atoms with E-state index >= 15 is 0 Å². The van der Waals surface area contributed by atoms with E-state index in [1.165, 1.54) is 4.88 Å². The number of para-hydroxylation sites is 2. The first-order valence-electron chi connectivity index (χ1n) is 14.8. The highest BCUT2D eigenvalue weighted by Gasteiger charge is 2.45. The van der Waals surface area contributed by atoms with Crippen molar-refractivity contribution in [3.05, 3.63) is 94.6 Å². The fourth-order valence-electron chi connectivity index (χ4n) is 5.63. The van der Waals surface area contributed by atoms with Gasteiger partial charge in [-0.2, -0.15) is 0 Å². The summed E-state index contributed by atoms with van der Waals surface area (Å²) < 4.78 is 14.3. The van der Waals surface area contributed by atoms with E-state index in [9.17, 15) is 19.1 Å². The van der Waals surface area contributed by atoms with Gasteiger partial charge in [0.1, 0.15) is 6.33 Å². The SMILES string of the molecule is CCC(CC)(c1ccc(NC(=O)CCCCCc2sc(-n3cnc4ccccc43)nc2-c2ccc(Cl)cc2)cc1)P(=O)(O)O. The molecule has 2 heterocycles. The number of fused-ring (bicyclic) bond motifs is 1. The summed E-state index contributed by atoms with van der Waals surface area (Å²) in [5.74, 6) is -0.0844. The largest absolute Gasteiger partial charge is 0.335 e. The van der Waals surface area contributed by atoms with Gasteiger partial charge in [-0.15, -0.1) is 11.3 Å². The van der Waals surface area contributed by atoms with E-state index in [-0.39, 0.29) is 5.91 Å². The molecule has 2 aromatic heterocycles. The Kier molecular flexibility index (Phi) is 10.0. The number of unbranched alkanes of at least 4 members (excludes halogenated alkanes) is 2. The van der Waals surface area contributed by atoms with Crippen LogP contribution in [0.25, 0.3) is 27.4 Å². The van der Waals surface area contributed by atoms with Gasteiger partial charge in [-0.05, 0) is 74.1 Å². The number of thiazole rings is 1. The quantitative estimate of drug-likeness (QED) is 0.0866. The second-order valence-corrected chi connectivity index (χ2v) is 14.3. The molecule has 44 heavy (non-hydrogen) atoms. The van der Waals surface area contributed by atoms with E-state index < -0.39 is 12.8 Å². The topological polar surface area (TPSA) is 117 Å². The van der Waals surface area contributed by atoms with Gasteiger partial charge in [0.2, 0.25) is 5.91 Å². The number of hydrogen-bond donors (Lipinski definition) is 3. The maximum absolute atomic E-state index is 12.6. The molecule has 0 aliphatic carbocycles. The van der Waals surface area contributed by atoms with Crippen molar-refractivity contribution < 1.29 is 19.1 Å². The maximum Gasteiger partial charge on any atom is 0.335 e. The van der Waals surface area contributed by atoms with Crippen molar-refractivity contribution in [2.75, 3.05) is 5.32 Å². The third kappa shape index (κ3) is 6.82. The van der Waals surface area contributed by atoms with Crippen LogP contribution in [0.1, 0.15) is 62.8 Å². The number of nitrogens with one attached hydrogen (secondary N) is 1. The smallest absolute Gasteiger partial charge is 0.326 e. The van der Waals surface area contributed by atoms with E-state index in [1.54, 1.807) is 49.4 Å². The van der Waals surface area contributed by atoms with Crippen LogP contribution in [0.5, 0.6) is 0 Å². The molecule has 230 valence electrons. The lowest BCUT2D eigenvalue weighted by molar-refractivity contribution is -0.116. The van der Waals surface area contributed by atoms with E-state index in [1.807, 2.05) is 59.4 Å². The summed E-state index contributed by atoms with van der Waals surface area (Å²) in [6, 6.07) is 22.6. The van der Waals surface area contributed by atoms with Crippen LogP contribution < -0.4 is 5.32 Å². The van der Waals surface area contributed by atoms with E-state index in [0.29, 0.717) is 35.5 Å². The number of aromatic nitrogens is 3. The Morgan fingerprint density at radius 1 is 0.977 bits per heavy atom. The number of amides is 1. The predicted molar refractivity (Wildman–Crippen MR) is 179 cm³/mol. The van der Waals surface area contributed by atoms with Crippen molar-refractivity contribution >= 4 is 53.2 Å². The summed E-state index contributed by atoms with van der Waals surface area (Å²) in [6.07, 6.45) is 6.21. The lowest BCUT2D eigenvalue weighted by Crippen LogP contribution is -2.24. The monoisotopic (exact) mass is 650 g/mol. The molecule has 0 fully saturated rings. The summed E-state index contributed by atoms with van der Waals surface area (Å²) in [7, 11) is -4.36. The molecule has 3 aromatic carbocycles. The molecule has 0 radical (unpaired) electrons. The lowest BCUT2D eigenvalue weighted by atomic mass is 9.92. The molecule has 5 rings (SSSR count). The normalized spacial score (nSPS) is 12.1. The first kappa shape index (κ1) is 32.1. The summed E-state index contributed by atoms with van der Waals surface area (Å²) >= 11 is 7.80. The maximum atomic E-state index is 12.6. The molecule has 0 aliphatic heterocycles. The Balaban J connectivity index is 1.19. The fraction of sp³-hybridized carbons (Fsp3) is 0.303. The van der Waals surface area contributed by atoms with E-state index in [0.717, 1.165) is 53.1 Å². The zero-order valence-corrected chi connectivity index (χ0v) is 27.2. The molecule has 0 saturated carbocycles. The average Bonchev–Trinajstić information content (AvgIpc) is 3.63. The minimum Gasteiger partial charge on any atom is -0.326 e. The number of aryl methyl sites for hydroxylation is 1. The van der Waals surface area contributed by atoms with Gasteiger partial charge in [0.05, 0.1) is 21.9 Å². The summed E-state index contributed by atoms with van der Waals surface area (Å²) in [5.41, 5.74) is 5.07. The molecule has 1 amide bonds. The van der Waals surface area contributed by atoms with E-state index in [4.69, 9.17) is 16.6 Å². The number of hydrogen-bond acceptors (Lipinski definition) is 5. The molecule has 0 saturated heterocycles. The molecule has 11 heteroatoms. The minimum atomic E-state index is -4.36. The molecule has 0 spiro atoms. The number of halogens is 1. The Hall–Kier alpha value is -3.33. The lowest BCUT2D eigenvalue weighted by Gasteiger charge is -2.33. The Labute approximate surface area is 266 Å². The third-order valence-electron chi connectivity index (χ3n) is 8.20. The second kappa shape index (κ2) is 13.8. The molecule has 5 aromatic rings. The highest BCUT2D eigenvalue weighted by atomic mass is 35.5. The molecular formula is C33H36ClN4O4PS. The van der Waals surface area contributed by atoms with Crippen molar-refractivity contribution in [1.29, 1.82) is 0 Å². The van der Waals surface area contributed by atoms with Crippen LogP contribution in [-0.2, 0) is 20.9 Å². The average molecular weight is 651 g/mol. The zero-order valence-electron chi connectivity index (χ0n) is 24.7. The van der Waals surface area contributed by atoms with Crippen molar-refractivity contribution in [3.63, 3.8) is 0 Å². The van der Waals surface area contributed by atoms with Crippen molar-refractivity contribution in [3.8, 4) is 16.4 Å². The Morgan fingerprint density at radius 2 is 1.68 bits per heavy atom. The van der Waals surface area contributed by atoms with Gasteiger partial charge < -0.3 is 15.1 Å². The van der Waals surface area contributed by atoms with Gasteiger partial charge in [-0.1, -0.05) is 68.3 Å². The molecule has 0 atom stereocenters. The number of nitrogens with zero attached hydrogens (tertiary/aromatic N) is 3. The minimum absolute atomic E-state index is 0.0844. The summed E-state index contributed by atoms with van der Waals surface area (Å²) in [6.45, 7) is 3.57. The van der Waals surface area contributed by atoms with Gasteiger partial charge in [-0.3, -0.25) is 13.9 Å². The number of rotatable bonds is 13. The molecule has 0 unspecified atom stereocenters. The third-order valence-corrected chi connectivity index (χ3v) is 11.6. The van der Waals surface area contributed by atoms with Crippen molar-refractivity contribution in [2.24, 2.45) is 0 Å². The zero-order chi connectivity index (χ0) is 31.3. The molecule has 8 nitrogen and oxygen atoms in total. The van der Waals surface area contributed by atoms with Crippen molar-refractivity contribution in [1.82, 2.24) is 14.5 Å². The number of anilines is 1. The second-order valence-electron chi connectivity index (χ2n) is 10.8. The first-order valence-corrected chi connectivity index (χ1v) is 17.6. The molecule has 0 aliphatic rings. The number of carbonyl (C=O) groups excluding carboxylic acids is 1. The van der Waals surface area contributed by atoms with Crippen LogP contribution >= 0.6 is 30.5 Å². The van der Waals surface area contributed by atoms with Gasteiger partial charge >= 0.3 is 7.60 Å². The molecule has 3 N–H and O–H groups in total. The van der Waals surface area contributed by atoms with Gasteiger partial charge in [-0.25, -0.2) is 9.97 Å². The van der Waals surface area contributed by atoms with Gasteiger partial charge in [0.25, 0.3) is 0 Å². The summed E-state index contributed by atoms with van der Waals surface area (Å²) in [5, 5.41) is 3.24.